The van der Waals surface area contributed by atoms with Gasteiger partial charge in [0.2, 0.25) is 0 Å². The minimum Gasteiger partial charge on any atom is -0.404 e. The maximum atomic E-state index is 9.39. The number of pyridine rings is 1. The molecule has 3 heterocycles. The molecule has 35 heavy (non-hydrogen) atoms. The van der Waals surface area contributed by atoms with Crippen LogP contribution >= 0.6 is 0 Å². The first-order valence-corrected chi connectivity index (χ1v) is 11.1. The van der Waals surface area contributed by atoms with Crippen LogP contribution in [0.5, 0.6) is 0 Å². The van der Waals surface area contributed by atoms with Gasteiger partial charge in [-0.2, -0.15) is 4.98 Å². The Morgan fingerprint density at radius 3 is 2.54 bits per heavy atom. The van der Waals surface area contributed by atoms with Gasteiger partial charge in [0.25, 0.3) is 5.89 Å². The molecule has 3 aromatic heterocycles. The Balaban J connectivity index is 1.88. The fourth-order valence-corrected chi connectivity index (χ4v) is 3.26. The van der Waals surface area contributed by atoms with Gasteiger partial charge in [0.05, 0.1) is 29.6 Å². The van der Waals surface area contributed by atoms with E-state index >= 15 is 0 Å². The zero-order valence-electron chi connectivity index (χ0n) is 20.3. The molecule has 0 radical (unpaired) electrons. The summed E-state index contributed by atoms with van der Waals surface area (Å²) in [5.41, 5.74) is 13.2. The predicted octanol–water partition coefficient (Wildman–Crippen LogP) is 2.48. The van der Waals surface area contributed by atoms with Crippen molar-refractivity contribution in [2.45, 2.75) is 39.2 Å². The molecule has 0 saturated heterocycles. The fraction of sp³-hybridized carbons (Fsp3) is 0.333. The predicted molar refractivity (Wildman–Crippen MR) is 135 cm³/mol. The third kappa shape index (κ3) is 5.87. The van der Waals surface area contributed by atoms with E-state index in [0.717, 1.165) is 5.56 Å². The zero-order chi connectivity index (χ0) is 25.6. The van der Waals surface area contributed by atoms with Gasteiger partial charge >= 0.3 is 0 Å². The third-order valence-electron chi connectivity index (χ3n) is 5.70. The van der Waals surface area contributed by atoms with E-state index in [9.17, 15) is 5.11 Å². The van der Waals surface area contributed by atoms with Crippen molar-refractivity contribution in [1.29, 1.82) is 0 Å². The SMILES string of the molecule is C=C(N)/N=C\C(=C/N)c1ccc(C(C)(c2noc(-c3cnc(NC[C@@H](C)O)cn3)n2)C(C)C)cn1. The number of aliphatic hydroxyl groups is 1. The molecule has 0 aliphatic carbocycles. The first-order valence-electron chi connectivity index (χ1n) is 11.1. The van der Waals surface area contributed by atoms with Crippen LogP contribution in [0.2, 0.25) is 0 Å². The zero-order valence-corrected chi connectivity index (χ0v) is 20.3. The molecule has 6 N–H and O–H groups in total. The summed E-state index contributed by atoms with van der Waals surface area (Å²) >= 11 is 0. The van der Waals surface area contributed by atoms with Crippen LogP contribution in [0.25, 0.3) is 17.2 Å². The summed E-state index contributed by atoms with van der Waals surface area (Å²) in [6, 6.07) is 3.81. The summed E-state index contributed by atoms with van der Waals surface area (Å²) < 4.78 is 5.53. The Morgan fingerprint density at radius 2 is 2.00 bits per heavy atom. The lowest BCUT2D eigenvalue weighted by atomic mass is 9.73. The summed E-state index contributed by atoms with van der Waals surface area (Å²) in [5.74, 6) is 1.60. The van der Waals surface area contributed by atoms with Crippen LogP contribution in [0.1, 0.15) is 44.8 Å². The molecular weight excluding hydrogens is 446 g/mol. The Bertz CT molecular complexity index is 1200. The number of hydrogen-bond donors (Lipinski definition) is 4. The maximum Gasteiger partial charge on any atom is 0.278 e. The average molecular weight is 478 g/mol. The number of allylic oxidation sites excluding steroid dienone is 1. The van der Waals surface area contributed by atoms with E-state index in [0.29, 0.717) is 35.1 Å². The first-order chi connectivity index (χ1) is 16.6. The lowest BCUT2D eigenvalue weighted by Gasteiger charge is -2.30. The molecule has 0 aromatic carbocycles. The van der Waals surface area contributed by atoms with Crippen molar-refractivity contribution in [3.05, 3.63) is 66.4 Å². The molecule has 0 spiro atoms. The number of aliphatic hydroxyl groups excluding tert-OH is 1. The minimum atomic E-state index is -0.592. The molecule has 0 aliphatic heterocycles. The summed E-state index contributed by atoms with van der Waals surface area (Å²) in [7, 11) is 0. The van der Waals surface area contributed by atoms with E-state index in [1.54, 1.807) is 25.5 Å². The largest absolute Gasteiger partial charge is 0.404 e. The molecule has 0 saturated carbocycles. The van der Waals surface area contributed by atoms with Gasteiger partial charge in [0, 0.05) is 30.7 Å². The fourth-order valence-electron chi connectivity index (χ4n) is 3.26. The van der Waals surface area contributed by atoms with Crippen LogP contribution in [0.15, 0.2) is 58.8 Å². The topological polar surface area (TPSA) is 174 Å². The average Bonchev–Trinajstić information content (AvgIpc) is 3.34. The number of hydrogen-bond acceptors (Lipinski definition) is 11. The van der Waals surface area contributed by atoms with E-state index in [1.165, 1.54) is 12.4 Å². The molecule has 3 aromatic rings. The van der Waals surface area contributed by atoms with Crippen molar-refractivity contribution in [3.8, 4) is 11.6 Å². The van der Waals surface area contributed by atoms with E-state index < -0.39 is 11.5 Å². The molecule has 11 nitrogen and oxygen atoms in total. The third-order valence-corrected chi connectivity index (χ3v) is 5.70. The Kier molecular flexibility index (Phi) is 7.92. The molecule has 184 valence electrons. The highest BCUT2D eigenvalue weighted by molar-refractivity contribution is 6.09. The highest BCUT2D eigenvalue weighted by Crippen LogP contribution is 2.38. The second-order valence-corrected chi connectivity index (χ2v) is 8.60. The van der Waals surface area contributed by atoms with Gasteiger partial charge in [0.1, 0.15) is 17.3 Å². The van der Waals surface area contributed by atoms with Crippen LogP contribution in [0.4, 0.5) is 5.82 Å². The van der Waals surface area contributed by atoms with Crippen molar-refractivity contribution in [3.63, 3.8) is 0 Å². The highest BCUT2D eigenvalue weighted by atomic mass is 16.5. The van der Waals surface area contributed by atoms with Gasteiger partial charge in [-0.15, -0.1) is 0 Å². The number of nitrogens with two attached hydrogens (primary N) is 2. The van der Waals surface area contributed by atoms with E-state index in [2.05, 4.69) is 55.8 Å². The number of nitrogens with one attached hydrogen (secondary N) is 1. The number of aromatic nitrogens is 5. The van der Waals surface area contributed by atoms with Gasteiger partial charge in [-0.1, -0.05) is 31.6 Å². The number of rotatable bonds is 10. The maximum absolute atomic E-state index is 9.39. The van der Waals surface area contributed by atoms with E-state index in [-0.39, 0.29) is 17.6 Å². The smallest absolute Gasteiger partial charge is 0.278 e. The summed E-state index contributed by atoms with van der Waals surface area (Å²) in [6.45, 7) is 11.8. The van der Waals surface area contributed by atoms with Gasteiger partial charge in [-0.3, -0.25) is 4.98 Å². The Labute approximate surface area is 204 Å². The summed E-state index contributed by atoms with van der Waals surface area (Å²) in [6.07, 6.45) is 7.30. The van der Waals surface area contributed by atoms with Crippen LogP contribution < -0.4 is 16.8 Å². The first kappa shape index (κ1) is 25.5. The minimum absolute atomic E-state index is 0.116. The molecule has 0 amide bonds. The summed E-state index contributed by atoms with van der Waals surface area (Å²) in [5, 5.41) is 16.6. The Morgan fingerprint density at radius 1 is 1.23 bits per heavy atom. The van der Waals surface area contributed by atoms with Crippen molar-refractivity contribution < 1.29 is 9.63 Å². The number of nitrogens with zero attached hydrogens (tertiary/aromatic N) is 6. The highest BCUT2D eigenvalue weighted by Gasteiger charge is 2.38. The standard InChI is InChI=1S/C24H31N9O2/c1-14(2)24(5,18-6-7-19(28-11-18)17(8-25)10-27-16(4)26)23-32-22(35-33-23)20-12-31-21(13-29-20)30-9-15(3)34/h6-8,10-15,34H,4,9,25-26H2,1-3,5H3,(H,30,31)/b17-8+,27-10-/t15-,24?/m1/s1. The van der Waals surface area contributed by atoms with Gasteiger partial charge in [-0.05, 0) is 31.4 Å². The van der Waals surface area contributed by atoms with E-state index in [1.807, 2.05) is 19.1 Å². The molecule has 3 rings (SSSR count). The van der Waals surface area contributed by atoms with Gasteiger partial charge < -0.3 is 26.4 Å². The molecule has 1 unspecified atom stereocenters. The normalized spacial score (nSPS) is 14.7. The molecule has 0 fully saturated rings. The molecule has 2 atom stereocenters. The molecule has 0 aliphatic rings. The van der Waals surface area contributed by atoms with Gasteiger partial charge in [0.15, 0.2) is 5.82 Å². The van der Waals surface area contributed by atoms with Crippen molar-refractivity contribution in [2.24, 2.45) is 22.4 Å². The molecule has 11 heteroatoms. The van der Waals surface area contributed by atoms with E-state index in [4.69, 9.17) is 16.0 Å². The number of aliphatic imine (C=N–C) groups is 1. The van der Waals surface area contributed by atoms with Crippen molar-refractivity contribution in [1.82, 2.24) is 25.1 Å². The summed E-state index contributed by atoms with van der Waals surface area (Å²) in [4.78, 5) is 21.8. The van der Waals surface area contributed by atoms with Crippen LogP contribution in [-0.4, -0.2) is 49.1 Å². The van der Waals surface area contributed by atoms with Crippen LogP contribution in [-0.2, 0) is 5.41 Å². The molecular formula is C24H31N9O2. The van der Waals surface area contributed by atoms with Crippen LogP contribution in [0, 0.1) is 5.92 Å². The number of anilines is 1. The van der Waals surface area contributed by atoms with Crippen molar-refractivity contribution >= 4 is 17.6 Å². The second kappa shape index (κ2) is 10.9. The molecule has 0 bridgehead atoms. The second-order valence-electron chi connectivity index (χ2n) is 8.60. The van der Waals surface area contributed by atoms with Crippen LogP contribution in [0.3, 0.4) is 0 Å². The van der Waals surface area contributed by atoms with Gasteiger partial charge in [-0.25, -0.2) is 15.0 Å². The lowest BCUT2D eigenvalue weighted by molar-refractivity contribution is 0.208. The Hall–Kier alpha value is -4.12. The van der Waals surface area contributed by atoms with Crippen molar-refractivity contribution in [2.75, 3.05) is 11.9 Å². The lowest BCUT2D eigenvalue weighted by Crippen LogP contribution is -2.31. The quantitative estimate of drug-likeness (QED) is 0.317. The monoisotopic (exact) mass is 477 g/mol.